The molecule has 0 radical (unpaired) electrons. The molecule has 0 aliphatic carbocycles. The second-order valence-corrected chi connectivity index (χ2v) is 3.19. The number of hydrogen-bond acceptors (Lipinski definition) is 2. The van der Waals surface area contributed by atoms with Gasteiger partial charge in [0.2, 0.25) is 0 Å². The molecule has 0 aliphatic rings. The van der Waals surface area contributed by atoms with Crippen LogP contribution in [-0.2, 0) is 0 Å². The minimum absolute atomic E-state index is 0.0577. The number of rotatable bonds is 1. The van der Waals surface area contributed by atoms with Crippen LogP contribution >= 0.6 is 23.2 Å². The quantitative estimate of drug-likeness (QED) is 0.738. The second kappa shape index (κ2) is 3.93. The van der Waals surface area contributed by atoms with Crippen LogP contribution in [0.4, 0.5) is 4.39 Å². The minimum Gasteiger partial charge on any atom is -0.312 e. The van der Waals surface area contributed by atoms with Crippen LogP contribution in [-0.4, -0.2) is 0 Å². The highest BCUT2D eigenvalue weighted by Gasteiger charge is 2.11. The molecule has 1 atom stereocenters. The van der Waals surface area contributed by atoms with E-state index >= 15 is 0 Å². The van der Waals surface area contributed by atoms with Crippen molar-refractivity contribution in [1.82, 2.24) is 0 Å². The van der Waals surface area contributed by atoms with Crippen molar-refractivity contribution in [2.24, 2.45) is 5.73 Å². The van der Waals surface area contributed by atoms with E-state index in [0.29, 0.717) is 5.56 Å². The van der Waals surface area contributed by atoms with Gasteiger partial charge in [0.1, 0.15) is 11.9 Å². The van der Waals surface area contributed by atoms with Crippen LogP contribution in [0.3, 0.4) is 0 Å². The molecule has 0 saturated heterocycles. The molecule has 0 fully saturated rings. The number of nitrogens with two attached hydrogens (primary N) is 1. The van der Waals surface area contributed by atoms with Crippen LogP contribution in [0, 0.1) is 17.1 Å². The first kappa shape index (κ1) is 10.3. The van der Waals surface area contributed by atoms with E-state index in [1.807, 2.05) is 0 Å². The maximum atomic E-state index is 13.0. The van der Waals surface area contributed by atoms with E-state index in [1.165, 1.54) is 6.07 Å². The Morgan fingerprint density at radius 1 is 1.46 bits per heavy atom. The second-order valence-electron chi connectivity index (χ2n) is 2.41. The van der Waals surface area contributed by atoms with Gasteiger partial charge in [-0.3, -0.25) is 0 Å². The van der Waals surface area contributed by atoms with Gasteiger partial charge in [-0.05, 0) is 17.7 Å². The molecule has 1 rings (SSSR count). The van der Waals surface area contributed by atoms with Gasteiger partial charge >= 0.3 is 0 Å². The van der Waals surface area contributed by atoms with Crippen molar-refractivity contribution >= 4 is 23.2 Å². The van der Waals surface area contributed by atoms with Crippen molar-refractivity contribution in [3.05, 3.63) is 33.6 Å². The lowest BCUT2D eigenvalue weighted by Crippen LogP contribution is -2.07. The third-order valence-electron chi connectivity index (χ3n) is 1.50. The smallest absolute Gasteiger partial charge is 0.143 e. The average Bonchev–Trinajstić information content (AvgIpc) is 2.12. The molecule has 68 valence electrons. The summed E-state index contributed by atoms with van der Waals surface area (Å²) in [7, 11) is 0. The number of halogens is 3. The summed E-state index contributed by atoms with van der Waals surface area (Å²) in [5.74, 6) is -0.671. The van der Waals surface area contributed by atoms with Gasteiger partial charge in [0.25, 0.3) is 0 Å². The normalized spacial score (nSPS) is 12.2. The summed E-state index contributed by atoms with van der Waals surface area (Å²) in [6.45, 7) is 0. The van der Waals surface area contributed by atoms with Crippen molar-refractivity contribution in [3.8, 4) is 6.07 Å². The Morgan fingerprint density at radius 2 is 2.08 bits per heavy atom. The van der Waals surface area contributed by atoms with Gasteiger partial charge in [-0.1, -0.05) is 23.2 Å². The lowest BCUT2D eigenvalue weighted by atomic mass is 10.1. The molecule has 1 aromatic carbocycles. The lowest BCUT2D eigenvalue weighted by molar-refractivity contribution is 0.625. The molecule has 13 heavy (non-hydrogen) atoms. The number of benzene rings is 1. The SMILES string of the molecule is N#CC(N)c1cc(F)c(Cl)c(Cl)c1. The van der Waals surface area contributed by atoms with Crippen molar-refractivity contribution in [2.75, 3.05) is 0 Å². The third-order valence-corrected chi connectivity index (χ3v) is 2.28. The first-order chi connectivity index (χ1) is 6.06. The zero-order chi connectivity index (χ0) is 10.0. The van der Waals surface area contributed by atoms with E-state index in [9.17, 15) is 4.39 Å². The largest absolute Gasteiger partial charge is 0.312 e. The average molecular weight is 219 g/mol. The maximum absolute atomic E-state index is 13.0. The van der Waals surface area contributed by atoms with Crippen molar-refractivity contribution in [3.63, 3.8) is 0 Å². The highest BCUT2D eigenvalue weighted by Crippen LogP contribution is 2.27. The zero-order valence-corrected chi connectivity index (χ0v) is 7.90. The van der Waals surface area contributed by atoms with E-state index in [2.05, 4.69) is 0 Å². The van der Waals surface area contributed by atoms with Gasteiger partial charge in [0.15, 0.2) is 0 Å². The first-order valence-corrected chi connectivity index (χ1v) is 4.11. The molecule has 0 aromatic heterocycles. The lowest BCUT2D eigenvalue weighted by Gasteiger charge is -2.05. The Hall–Kier alpha value is -0.820. The van der Waals surface area contributed by atoms with Crippen LogP contribution < -0.4 is 5.73 Å². The fourth-order valence-electron chi connectivity index (χ4n) is 0.829. The topological polar surface area (TPSA) is 49.8 Å². The first-order valence-electron chi connectivity index (χ1n) is 3.36. The number of nitriles is 1. The fourth-order valence-corrected chi connectivity index (χ4v) is 1.15. The molecule has 2 nitrogen and oxygen atoms in total. The molecule has 0 aliphatic heterocycles. The van der Waals surface area contributed by atoms with Gasteiger partial charge < -0.3 is 5.73 Å². The van der Waals surface area contributed by atoms with E-state index < -0.39 is 11.9 Å². The molecule has 0 spiro atoms. The van der Waals surface area contributed by atoms with Crippen molar-refractivity contribution in [2.45, 2.75) is 6.04 Å². The highest BCUT2D eigenvalue weighted by atomic mass is 35.5. The maximum Gasteiger partial charge on any atom is 0.143 e. The molecule has 0 heterocycles. The Kier molecular flexibility index (Phi) is 3.10. The molecule has 0 saturated carbocycles. The highest BCUT2D eigenvalue weighted by molar-refractivity contribution is 6.42. The molecular weight excluding hydrogens is 214 g/mol. The zero-order valence-electron chi connectivity index (χ0n) is 6.39. The van der Waals surface area contributed by atoms with Crippen LogP contribution in [0.2, 0.25) is 10.0 Å². The van der Waals surface area contributed by atoms with Crippen LogP contribution in [0.25, 0.3) is 0 Å². The monoisotopic (exact) mass is 218 g/mol. The van der Waals surface area contributed by atoms with Gasteiger partial charge in [-0.2, -0.15) is 5.26 Å². The number of nitrogens with zero attached hydrogens (tertiary/aromatic N) is 1. The van der Waals surface area contributed by atoms with Crippen LogP contribution in [0.15, 0.2) is 12.1 Å². The molecule has 0 amide bonds. The minimum atomic E-state index is -0.885. The fraction of sp³-hybridized carbons (Fsp3) is 0.125. The van der Waals surface area contributed by atoms with Crippen molar-refractivity contribution < 1.29 is 4.39 Å². The van der Waals surface area contributed by atoms with Crippen molar-refractivity contribution in [1.29, 1.82) is 5.26 Å². The Balaban J connectivity index is 3.22. The predicted molar refractivity (Wildman–Crippen MR) is 49.0 cm³/mol. The number of hydrogen-bond donors (Lipinski definition) is 1. The third kappa shape index (κ3) is 2.10. The summed E-state index contributed by atoms with van der Waals surface area (Å²) in [5, 5.41) is 8.37. The van der Waals surface area contributed by atoms with E-state index in [4.69, 9.17) is 34.2 Å². The molecular formula is C8H5Cl2FN2. The Bertz CT molecular complexity index is 350. The van der Waals surface area contributed by atoms with Crippen LogP contribution in [0.1, 0.15) is 11.6 Å². The Morgan fingerprint density at radius 3 is 2.54 bits per heavy atom. The molecule has 1 unspecified atom stereocenters. The Labute approximate surface area is 84.7 Å². The summed E-state index contributed by atoms with van der Waals surface area (Å²) in [6, 6.07) is 3.35. The van der Waals surface area contributed by atoms with Gasteiger partial charge in [0.05, 0.1) is 16.1 Å². The summed E-state index contributed by atoms with van der Waals surface area (Å²) < 4.78 is 13.0. The summed E-state index contributed by atoms with van der Waals surface area (Å²) in [6.07, 6.45) is 0. The van der Waals surface area contributed by atoms with Gasteiger partial charge in [-0.15, -0.1) is 0 Å². The van der Waals surface area contributed by atoms with E-state index in [0.717, 1.165) is 6.07 Å². The summed E-state index contributed by atoms with van der Waals surface area (Å²) in [5.41, 5.74) is 5.67. The van der Waals surface area contributed by atoms with Gasteiger partial charge in [0, 0.05) is 0 Å². The van der Waals surface area contributed by atoms with E-state index in [1.54, 1.807) is 6.07 Å². The molecule has 1 aromatic rings. The molecule has 2 N–H and O–H groups in total. The standard InChI is InChI=1S/C8H5Cl2FN2/c9-5-1-4(7(13)3-12)2-6(11)8(5)10/h1-2,7H,13H2. The summed E-state index contributed by atoms with van der Waals surface area (Å²) >= 11 is 11.1. The van der Waals surface area contributed by atoms with Gasteiger partial charge in [-0.25, -0.2) is 4.39 Å². The predicted octanol–water partition coefficient (Wildman–Crippen LogP) is 2.66. The molecule has 0 bridgehead atoms. The van der Waals surface area contributed by atoms with Crippen LogP contribution in [0.5, 0.6) is 0 Å². The summed E-state index contributed by atoms with van der Waals surface area (Å²) in [4.78, 5) is 0. The molecule has 5 heteroatoms. The van der Waals surface area contributed by atoms with E-state index in [-0.39, 0.29) is 10.0 Å².